The van der Waals surface area contributed by atoms with E-state index < -0.39 is 0 Å². The number of carbonyl (C=O) groups excluding carboxylic acids is 1. The Morgan fingerprint density at radius 2 is 1.89 bits per heavy atom. The maximum Gasteiger partial charge on any atom is 0.251 e. The standard InChI is InChI=1S/C20H30N4O3.HI/c1-21-20(22-14-16-6-3-4-7-17(16)15-26-2)24-11-9-23(10-12-24)19(25)18-8-5-13-27-18;/h3-4,6-7,18H,5,8-15H2,1-2H3,(H,21,22);1H. The SMILES string of the molecule is CN=C(NCc1ccccc1COC)N1CCN(C(=O)C2CCCO2)CC1.I. The van der Waals surface area contributed by atoms with Crippen LogP contribution in [0.25, 0.3) is 0 Å². The van der Waals surface area contributed by atoms with Crippen molar-refractivity contribution in [3.05, 3.63) is 35.4 Å². The zero-order chi connectivity index (χ0) is 19.1. The molecule has 2 aliphatic heterocycles. The minimum absolute atomic E-state index is 0. The Hall–Kier alpha value is -1.39. The Morgan fingerprint density at radius 1 is 1.21 bits per heavy atom. The van der Waals surface area contributed by atoms with E-state index in [1.54, 1.807) is 14.2 Å². The predicted octanol–water partition coefficient (Wildman–Crippen LogP) is 1.85. The molecule has 28 heavy (non-hydrogen) atoms. The van der Waals surface area contributed by atoms with E-state index in [0.717, 1.165) is 31.9 Å². The zero-order valence-electron chi connectivity index (χ0n) is 16.7. The average molecular weight is 502 g/mol. The van der Waals surface area contributed by atoms with Crippen molar-refractivity contribution in [1.29, 1.82) is 0 Å². The van der Waals surface area contributed by atoms with Crippen LogP contribution in [-0.4, -0.2) is 74.7 Å². The van der Waals surface area contributed by atoms with E-state index in [4.69, 9.17) is 9.47 Å². The Morgan fingerprint density at radius 3 is 2.50 bits per heavy atom. The molecular weight excluding hydrogens is 471 g/mol. The molecule has 8 heteroatoms. The van der Waals surface area contributed by atoms with Gasteiger partial charge in [0.1, 0.15) is 6.10 Å². The van der Waals surface area contributed by atoms with E-state index in [-0.39, 0.29) is 36.0 Å². The molecule has 2 heterocycles. The van der Waals surface area contributed by atoms with Gasteiger partial charge in [0.15, 0.2) is 5.96 Å². The highest BCUT2D eigenvalue weighted by Gasteiger charge is 2.30. The number of hydrogen-bond acceptors (Lipinski definition) is 4. The van der Waals surface area contributed by atoms with Crippen LogP contribution in [0.15, 0.2) is 29.3 Å². The predicted molar refractivity (Wildman–Crippen MR) is 120 cm³/mol. The van der Waals surface area contributed by atoms with E-state index >= 15 is 0 Å². The lowest BCUT2D eigenvalue weighted by atomic mass is 10.1. The number of guanidine groups is 1. The van der Waals surface area contributed by atoms with Gasteiger partial charge in [0.2, 0.25) is 0 Å². The first-order valence-corrected chi connectivity index (χ1v) is 9.64. The Kier molecular flexibility index (Phi) is 9.46. The molecule has 156 valence electrons. The topological polar surface area (TPSA) is 66.4 Å². The number of methoxy groups -OCH3 is 1. The first-order valence-electron chi connectivity index (χ1n) is 9.64. The lowest BCUT2D eigenvalue weighted by Crippen LogP contribution is -2.55. The van der Waals surface area contributed by atoms with Gasteiger partial charge in [0.25, 0.3) is 5.91 Å². The number of benzene rings is 1. The van der Waals surface area contributed by atoms with Gasteiger partial charge in [-0.25, -0.2) is 0 Å². The molecule has 0 spiro atoms. The number of rotatable bonds is 5. The van der Waals surface area contributed by atoms with Gasteiger partial charge in [0.05, 0.1) is 6.61 Å². The van der Waals surface area contributed by atoms with Crippen LogP contribution >= 0.6 is 24.0 Å². The Bertz CT molecular complexity index is 657. The number of aliphatic imine (C=N–C) groups is 1. The molecule has 2 aliphatic rings. The average Bonchev–Trinajstić information content (AvgIpc) is 3.24. The minimum Gasteiger partial charge on any atom is -0.380 e. The summed E-state index contributed by atoms with van der Waals surface area (Å²) in [6.07, 6.45) is 1.60. The molecular formula is C20H31IN4O3. The summed E-state index contributed by atoms with van der Waals surface area (Å²) in [6, 6.07) is 8.25. The van der Waals surface area contributed by atoms with Crippen LogP contribution in [-0.2, 0) is 27.4 Å². The van der Waals surface area contributed by atoms with Crippen LogP contribution in [0.2, 0.25) is 0 Å². The molecule has 0 aromatic heterocycles. The second-order valence-electron chi connectivity index (χ2n) is 6.92. The van der Waals surface area contributed by atoms with Crippen molar-refractivity contribution in [1.82, 2.24) is 15.1 Å². The number of hydrogen-bond donors (Lipinski definition) is 1. The molecule has 0 radical (unpaired) electrons. The molecule has 2 saturated heterocycles. The van der Waals surface area contributed by atoms with Gasteiger partial charge in [0, 0.05) is 53.5 Å². The van der Waals surface area contributed by atoms with Gasteiger partial charge < -0.3 is 24.6 Å². The van der Waals surface area contributed by atoms with Crippen LogP contribution < -0.4 is 5.32 Å². The van der Waals surface area contributed by atoms with Crippen LogP contribution in [0.1, 0.15) is 24.0 Å². The summed E-state index contributed by atoms with van der Waals surface area (Å²) < 4.78 is 10.8. The van der Waals surface area contributed by atoms with Crippen LogP contribution in [0.4, 0.5) is 0 Å². The van der Waals surface area contributed by atoms with Crippen molar-refractivity contribution in [2.45, 2.75) is 32.1 Å². The summed E-state index contributed by atoms with van der Waals surface area (Å²) in [6.45, 7) is 4.97. The summed E-state index contributed by atoms with van der Waals surface area (Å²) in [7, 11) is 3.51. The van der Waals surface area contributed by atoms with Crippen LogP contribution in [0.5, 0.6) is 0 Å². The summed E-state index contributed by atoms with van der Waals surface area (Å²) in [5.74, 6) is 1.01. The molecule has 1 aromatic carbocycles. The number of carbonyl (C=O) groups is 1. The van der Waals surface area contributed by atoms with Crippen LogP contribution in [0.3, 0.4) is 0 Å². The Balaban J connectivity index is 0.00000280. The number of ether oxygens (including phenoxy) is 2. The maximum absolute atomic E-state index is 12.5. The summed E-state index contributed by atoms with van der Waals surface area (Å²) >= 11 is 0. The highest BCUT2D eigenvalue weighted by atomic mass is 127. The molecule has 3 rings (SSSR count). The second kappa shape index (κ2) is 11.6. The number of halogens is 1. The van der Waals surface area contributed by atoms with E-state index in [9.17, 15) is 4.79 Å². The fourth-order valence-electron chi connectivity index (χ4n) is 3.65. The van der Waals surface area contributed by atoms with Crippen molar-refractivity contribution in [2.75, 3.05) is 46.9 Å². The Labute approximate surface area is 184 Å². The van der Waals surface area contributed by atoms with Crippen molar-refractivity contribution in [2.24, 2.45) is 4.99 Å². The fourth-order valence-corrected chi connectivity index (χ4v) is 3.65. The number of nitrogens with zero attached hydrogens (tertiary/aromatic N) is 3. The fraction of sp³-hybridized carbons (Fsp3) is 0.600. The van der Waals surface area contributed by atoms with Crippen molar-refractivity contribution < 1.29 is 14.3 Å². The van der Waals surface area contributed by atoms with E-state index in [2.05, 4.69) is 27.3 Å². The maximum atomic E-state index is 12.5. The monoisotopic (exact) mass is 502 g/mol. The molecule has 1 aromatic rings. The molecule has 0 aliphatic carbocycles. The third-order valence-corrected chi connectivity index (χ3v) is 5.16. The molecule has 7 nitrogen and oxygen atoms in total. The molecule has 1 atom stereocenters. The molecule has 1 amide bonds. The number of amides is 1. The van der Waals surface area contributed by atoms with Crippen molar-refractivity contribution in [3.8, 4) is 0 Å². The normalized spacial score (nSPS) is 20.1. The molecule has 1 unspecified atom stereocenters. The smallest absolute Gasteiger partial charge is 0.251 e. The summed E-state index contributed by atoms with van der Waals surface area (Å²) in [4.78, 5) is 21.0. The largest absolute Gasteiger partial charge is 0.380 e. The number of piperazine rings is 1. The third kappa shape index (κ3) is 5.81. The van der Waals surface area contributed by atoms with Crippen LogP contribution in [0, 0.1) is 0 Å². The van der Waals surface area contributed by atoms with Gasteiger partial charge in [-0.15, -0.1) is 24.0 Å². The summed E-state index contributed by atoms with van der Waals surface area (Å²) in [5, 5.41) is 3.45. The highest BCUT2D eigenvalue weighted by molar-refractivity contribution is 14.0. The van der Waals surface area contributed by atoms with Gasteiger partial charge in [-0.1, -0.05) is 24.3 Å². The van der Waals surface area contributed by atoms with E-state index in [0.29, 0.717) is 32.8 Å². The van der Waals surface area contributed by atoms with E-state index in [1.165, 1.54) is 11.1 Å². The molecule has 0 saturated carbocycles. The zero-order valence-corrected chi connectivity index (χ0v) is 19.1. The lowest BCUT2D eigenvalue weighted by molar-refractivity contribution is -0.142. The molecule has 2 fully saturated rings. The van der Waals surface area contributed by atoms with Gasteiger partial charge in [-0.3, -0.25) is 9.79 Å². The van der Waals surface area contributed by atoms with Crippen molar-refractivity contribution >= 4 is 35.8 Å². The van der Waals surface area contributed by atoms with Gasteiger partial charge in [-0.05, 0) is 24.0 Å². The van der Waals surface area contributed by atoms with Gasteiger partial charge >= 0.3 is 0 Å². The lowest BCUT2D eigenvalue weighted by Gasteiger charge is -2.37. The van der Waals surface area contributed by atoms with Gasteiger partial charge in [-0.2, -0.15) is 0 Å². The van der Waals surface area contributed by atoms with E-state index in [1.807, 2.05) is 17.0 Å². The number of nitrogens with one attached hydrogen (secondary N) is 1. The molecule has 0 bridgehead atoms. The minimum atomic E-state index is -0.230. The first kappa shape index (κ1) is 22.9. The van der Waals surface area contributed by atoms with Crippen molar-refractivity contribution in [3.63, 3.8) is 0 Å². The third-order valence-electron chi connectivity index (χ3n) is 5.16. The molecule has 1 N–H and O–H groups in total. The highest BCUT2D eigenvalue weighted by Crippen LogP contribution is 2.16. The first-order chi connectivity index (χ1) is 13.2. The summed E-state index contributed by atoms with van der Waals surface area (Å²) in [5.41, 5.74) is 2.38. The quantitative estimate of drug-likeness (QED) is 0.379. The second-order valence-corrected chi connectivity index (χ2v) is 6.92.